The number of hydrogen-bond donors (Lipinski definition) is 1. The number of benzene rings is 1. The molecule has 1 amide bonds. The predicted molar refractivity (Wildman–Crippen MR) is 73.4 cm³/mol. The van der Waals surface area contributed by atoms with Crippen molar-refractivity contribution in [2.75, 3.05) is 18.1 Å². The number of halogens is 5. The Morgan fingerprint density at radius 3 is 2.67 bits per heavy atom. The molecule has 0 saturated carbocycles. The highest BCUT2D eigenvalue weighted by Gasteiger charge is 2.37. The van der Waals surface area contributed by atoms with Crippen molar-refractivity contribution in [2.24, 2.45) is 5.92 Å². The molecule has 1 atom stereocenters. The minimum absolute atomic E-state index is 0.0458. The van der Waals surface area contributed by atoms with Gasteiger partial charge in [-0.15, -0.1) is 13.2 Å². The molecule has 1 aliphatic heterocycles. The molecule has 1 aromatic carbocycles. The molecule has 0 aliphatic carbocycles. The van der Waals surface area contributed by atoms with Crippen LogP contribution < -0.4 is 9.64 Å². The van der Waals surface area contributed by atoms with E-state index in [1.54, 1.807) is 0 Å². The number of alkyl halides is 3. The van der Waals surface area contributed by atoms with Gasteiger partial charge in [-0.1, -0.05) is 27.5 Å². The van der Waals surface area contributed by atoms with Crippen LogP contribution in [0.2, 0.25) is 5.02 Å². The fourth-order valence-corrected chi connectivity index (χ4v) is 3.01. The van der Waals surface area contributed by atoms with Crippen molar-refractivity contribution in [3.05, 3.63) is 21.6 Å². The SMILES string of the molecule is O=C1CC(CO)CN1c1c(Cl)cc(Br)cc1OC(F)(F)F. The summed E-state index contributed by atoms with van der Waals surface area (Å²) in [5.74, 6) is -1.31. The number of carbonyl (C=O) groups is 1. The minimum atomic E-state index is -4.90. The van der Waals surface area contributed by atoms with Crippen LogP contribution in [0.1, 0.15) is 6.42 Å². The lowest BCUT2D eigenvalue weighted by atomic mass is 10.1. The first-order valence-corrected chi connectivity index (χ1v) is 7.04. The molecule has 0 bridgehead atoms. The maximum Gasteiger partial charge on any atom is 0.573 e. The van der Waals surface area contributed by atoms with Crippen LogP contribution in [-0.4, -0.2) is 30.5 Å². The number of ether oxygens (including phenoxy) is 1. The molecule has 1 unspecified atom stereocenters. The van der Waals surface area contributed by atoms with Gasteiger partial charge < -0.3 is 14.7 Å². The van der Waals surface area contributed by atoms with Crippen LogP contribution in [0.25, 0.3) is 0 Å². The molecule has 1 aliphatic rings. The molecule has 1 fully saturated rings. The van der Waals surface area contributed by atoms with Crippen LogP contribution >= 0.6 is 27.5 Å². The maximum absolute atomic E-state index is 12.5. The average molecular weight is 389 g/mol. The van der Waals surface area contributed by atoms with Gasteiger partial charge in [-0.05, 0) is 12.1 Å². The van der Waals surface area contributed by atoms with E-state index < -0.39 is 18.0 Å². The summed E-state index contributed by atoms with van der Waals surface area (Å²) in [7, 11) is 0. The number of rotatable bonds is 3. The van der Waals surface area contributed by atoms with Crippen molar-refractivity contribution >= 4 is 39.1 Å². The standard InChI is InChI=1S/C12H10BrClF3NO3/c13-7-2-8(14)11(9(3-7)21-12(15,16)17)18-4-6(5-19)1-10(18)20/h2-3,6,19H,1,4-5H2. The molecule has 9 heteroatoms. The van der Waals surface area contributed by atoms with Crippen molar-refractivity contribution in [3.8, 4) is 5.75 Å². The number of carbonyl (C=O) groups excluding carboxylic acids is 1. The lowest BCUT2D eigenvalue weighted by Crippen LogP contribution is -2.27. The number of anilines is 1. The van der Waals surface area contributed by atoms with Gasteiger partial charge in [-0.3, -0.25) is 4.79 Å². The molecule has 0 aromatic heterocycles. The van der Waals surface area contributed by atoms with Crippen molar-refractivity contribution in [1.82, 2.24) is 0 Å². The van der Waals surface area contributed by atoms with E-state index in [-0.39, 0.29) is 36.2 Å². The Balaban J connectivity index is 2.44. The summed E-state index contributed by atoms with van der Waals surface area (Å²) < 4.78 is 41.7. The molecule has 1 aromatic rings. The summed E-state index contributed by atoms with van der Waals surface area (Å²) in [6.07, 6.45) is -4.85. The summed E-state index contributed by atoms with van der Waals surface area (Å²) in [4.78, 5) is 13.0. The normalized spacial score (nSPS) is 19.2. The van der Waals surface area contributed by atoms with Crippen LogP contribution in [0.4, 0.5) is 18.9 Å². The fraction of sp³-hybridized carbons (Fsp3) is 0.417. The minimum Gasteiger partial charge on any atom is -0.403 e. The van der Waals surface area contributed by atoms with Crippen LogP contribution in [0, 0.1) is 5.92 Å². The zero-order valence-corrected chi connectivity index (χ0v) is 12.8. The second-order valence-electron chi connectivity index (χ2n) is 4.54. The molecular weight excluding hydrogens is 378 g/mol. The second kappa shape index (κ2) is 6.02. The highest BCUT2D eigenvalue weighted by Crippen LogP contribution is 2.43. The second-order valence-corrected chi connectivity index (χ2v) is 5.86. The summed E-state index contributed by atoms with van der Waals surface area (Å²) in [6, 6.07) is 2.47. The third kappa shape index (κ3) is 3.81. The summed E-state index contributed by atoms with van der Waals surface area (Å²) >= 11 is 8.99. The Labute approximate surface area is 131 Å². The van der Waals surface area contributed by atoms with Gasteiger partial charge in [-0.2, -0.15) is 0 Å². The smallest absolute Gasteiger partial charge is 0.403 e. The van der Waals surface area contributed by atoms with E-state index in [9.17, 15) is 18.0 Å². The van der Waals surface area contributed by atoms with Crippen molar-refractivity contribution in [3.63, 3.8) is 0 Å². The Kier molecular flexibility index (Phi) is 4.69. The van der Waals surface area contributed by atoms with Crippen LogP contribution in [0.3, 0.4) is 0 Å². The Morgan fingerprint density at radius 2 is 2.14 bits per heavy atom. The molecule has 0 spiro atoms. The first-order chi connectivity index (χ1) is 9.71. The van der Waals surface area contributed by atoms with E-state index in [2.05, 4.69) is 20.7 Å². The number of aliphatic hydroxyl groups is 1. The summed E-state index contributed by atoms with van der Waals surface area (Å²) in [5, 5.41) is 9.04. The van der Waals surface area contributed by atoms with Gasteiger partial charge in [0.05, 0.1) is 5.02 Å². The Hall–Kier alpha value is -0.990. The van der Waals surface area contributed by atoms with Gasteiger partial charge in [0.1, 0.15) is 5.69 Å². The average Bonchev–Trinajstić information content (AvgIpc) is 2.67. The molecule has 4 nitrogen and oxygen atoms in total. The highest BCUT2D eigenvalue weighted by molar-refractivity contribution is 9.10. The van der Waals surface area contributed by atoms with Gasteiger partial charge in [0, 0.05) is 30.0 Å². The number of nitrogens with zero attached hydrogens (tertiary/aromatic N) is 1. The third-order valence-electron chi connectivity index (χ3n) is 2.95. The number of amides is 1. The predicted octanol–water partition coefficient (Wildman–Crippen LogP) is 3.35. The molecule has 21 heavy (non-hydrogen) atoms. The first kappa shape index (κ1) is 16.4. The summed E-state index contributed by atoms with van der Waals surface area (Å²) in [6.45, 7) is -0.142. The monoisotopic (exact) mass is 387 g/mol. The topological polar surface area (TPSA) is 49.8 Å². The van der Waals surface area contributed by atoms with E-state index in [1.165, 1.54) is 6.07 Å². The van der Waals surface area contributed by atoms with E-state index in [0.29, 0.717) is 4.47 Å². The molecule has 2 rings (SSSR count). The third-order valence-corrected chi connectivity index (χ3v) is 3.70. The van der Waals surface area contributed by atoms with Gasteiger partial charge in [0.25, 0.3) is 0 Å². The van der Waals surface area contributed by atoms with Gasteiger partial charge in [0.15, 0.2) is 5.75 Å². The van der Waals surface area contributed by atoms with Crippen LogP contribution in [0.5, 0.6) is 5.75 Å². The van der Waals surface area contributed by atoms with Gasteiger partial charge >= 0.3 is 6.36 Å². The maximum atomic E-state index is 12.5. The van der Waals surface area contributed by atoms with E-state index >= 15 is 0 Å². The number of aliphatic hydroxyl groups excluding tert-OH is 1. The zero-order valence-electron chi connectivity index (χ0n) is 10.5. The molecule has 1 heterocycles. The quantitative estimate of drug-likeness (QED) is 0.864. The van der Waals surface area contributed by atoms with Crippen LogP contribution in [-0.2, 0) is 4.79 Å². The van der Waals surface area contributed by atoms with Crippen molar-refractivity contribution in [1.29, 1.82) is 0 Å². The molecule has 1 saturated heterocycles. The molecule has 0 radical (unpaired) electrons. The Morgan fingerprint density at radius 1 is 1.48 bits per heavy atom. The number of hydrogen-bond acceptors (Lipinski definition) is 3. The molecule has 1 N–H and O–H groups in total. The van der Waals surface area contributed by atoms with Gasteiger partial charge in [0.2, 0.25) is 5.91 Å². The zero-order chi connectivity index (χ0) is 15.8. The first-order valence-electron chi connectivity index (χ1n) is 5.87. The lowest BCUT2D eigenvalue weighted by molar-refractivity contribution is -0.274. The summed E-state index contributed by atoms with van der Waals surface area (Å²) in [5.41, 5.74) is -0.141. The van der Waals surface area contributed by atoms with Crippen molar-refractivity contribution in [2.45, 2.75) is 12.8 Å². The van der Waals surface area contributed by atoms with Crippen LogP contribution in [0.15, 0.2) is 16.6 Å². The lowest BCUT2D eigenvalue weighted by Gasteiger charge is -2.22. The van der Waals surface area contributed by atoms with Gasteiger partial charge in [-0.25, -0.2) is 0 Å². The highest BCUT2D eigenvalue weighted by atomic mass is 79.9. The van der Waals surface area contributed by atoms with Crippen molar-refractivity contribution < 1.29 is 27.8 Å². The van der Waals surface area contributed by atoms with E-state index in [0.717, 1.165) is 11.0 Å². The fourth-order valence-electron chi connectivity index (χ4n) is 2.13. The molecular formula is C12H10BrClF3NO3. The largest absolute Gasteiger partial charge is 0.573 e. The van der Waals surface area contributed by atoms with E-state index in [4.69, 9.17) is 16.7 Å². The Bertz CT molecular complexity index is 567. The van der Waals surface area contributed by atoms with E-state index in [1.807, 2.05) is 0 Å². The molecule has 116 valence electrons.